The van der Waals surface area contributed by atoms with Crippen LogP contribution in [-0.2, 0) is 16.1 Å². The Morgan fingerprint density at radius 2 is 2.12 bits per heavy atom. The monoisotopic (exact) mass is 360 g/mol. The lowest BCUT2D eigenvalue weighted by Crippen LogP contribution is -2.42. The topological polar surface area (TPSA) is 66.0 Å². The van der Waals surface area contributed by atoms with Crippen molar-refractivity contribution < 1.29 is 9.53 Å². The summed E-state index contributed by atoms with van der Waals surface area (Å²) in [6.07, 6.45) is 1.55. The first-order valence-electron chi connectivity index (χ1n) is 9.45. The summed E-state index contributed by atoms with van der Waals surface area (Å²) in [5.74, 6) is 1.45. The molecule has 144 valence electrons. The number of benzene rings is 1. The van der Waals surface area contributed by atoms with Gasteiger partial charge < -0.3 is 20.3 Å². The highest BCUT2D eigenvalue weighted by molar-refractivity contribution is 5.81. The van der Waals surface area contributed by atoms with Crippen LogP contribution in [0.3, 0.4) is 0 Å². The molecule has 1 fully saturated rings. The van der Waals surface area contributed by atoms with Crippen molar-refractivity contribution in [3.8, 4) is 0 Å². The molecule has 1 aromatic carbocycles. The highest BCUT2D eigenvalue weighted by atomic mass is 16.5. The molecule has 1 saturated heterocycles. The fourth-order valence-corrected chi connectivity index (χ4v) is 3.09. The number of hydrogen-bond acceptors (Lipinski definition) is 3. The molecule has 0 spiro atoms. The van der Waals surface area contributed by atoms with Gasteiger partial charge in [0.25, 0.3) is 0 Å². The Labute approximate surface area is 157 Å². The zero-order chi connectivity index (χ0) is 18.8. The smallest absolute Gasteiger partial charge is 0.221 e. The molecule has 1 unspecified atom stereocenters. The van der Waals surface area contributed by atoms with Gasteiger partial charge in [0.05, 0.1) is 13.2 Å². The van der Waals surface area contributed by atoms with Gasteiger partial charge in [-0.2, -0.15) is 0 Å². The summed E-state index contributed by atoms with van der Waals surface area (Å²) in [5, 5.41) is 6.19. The third kappa shape index (κ3) is 7.04. The number of guanidine groups is 1. The van der Waals surface area contributed by atoms with E-state index in [2.05, 4.69) is 32.7 Å². The largest absolute Gasteiger partial charge is 0.376 e. The maximum Gasteiger partial charge on any atom is 0.221 e. The molecule has 1 aliphatic rings. The quantitative estimate of drug-likeness (QED) is 0.550. The molecular formula is C20H32N4O2. The molecule has 1 amide bonds. The SMILES string of the molecule is CN=C(NCCC(=O)NC(C)C)N1CCC(COCc2ccccc2)C1. The van der Waals surface area contributed by atoms with E-state index in [0.717, 1.165) is 32.1 Å². The van der Waals surface area contributed by atoms with Crippen LogP contribution in [0.15, 0.2) is 35.3 Å². The number of nitrogens with zero attached hydrogens (tertiary/aromatic N) is 2. The normalized spacial score (nSPS) is 17.6. The Hall–Kier alpha value is -2.08. The summed E-state index contributed by atoms with van der Waals surface area (Å²) in [6, 6.07) is 10.4. The van der Waals surface area contributed by atoms with Crippen molar-refractivity contribution in [1.82, 2.24) is 15.5 Å². The number of rotatable bonds is 8. The number of likely N-dealkylation sites (tertiary alicyclic amines) is 1. The molecule has 1 aliphatic heterocycles. The van der Waals surface area contributed by atoms with Crippen molar-refractivity contribution in [1.29, 1.82) is 0 Å². The van der Waals surface area contributed by atoms with E-state index in [0.29, 0.717) is 25.5 Å². The van der Waals surface area contributed by atoms with E-state index in [1.54, 1.807) is 7.05 Å². The molecule has 2 rings (SSSR count). The second-order valence-electron chi connectivity index (χ2n) is 7.05. The minimum absolute atomic E-state index is 0.0663. The van der Waals surface area contributed by atoms with E-state index in [-0.39, 0.29) is 11.9 Å². The molecule has 1 atom stereocenters. The van der Waals surface area contributed by atoms with Crippen LogP contribution in [0.5, 0.6) is 0 Å². The summed E-state index contributed by atoms with van der Waals surface area (Å²) >= 11 is 0. The first-order chi connectivity index (χ1) is 12.6. The van der Waals surface area contributed by atoms with E-state index in [1.165, 1.54) is 5.56 Å². The van der Waals surface area contributed by atoms with E-state index >= 15 is 0 Å². The molecule has 2 N–H and O–H groups in total. The number of carbonyl (C=O) groups excluding carboxylic acids is 1. The van der Waals surface area contributed by atoms with Gasteiger partial charge in [0.2, 0.25) is 5.91 Å². The zero-order valence-electron chi connectivity index (χ0n) is 16.2. The maximum atomic E-state index is 11.7. The van der Waals surface area contributed by atoms with Gasteiger partial charge in [0.15, 0.2) is 5.96 Å². The van der Waals surface area contributed by atoms with E-state index in [4.69, 9.17) is 4.74 Å². The molecule has 0 radical (unpaired) electrons. The first-order valence-corrected chi connectivity index (χ1v) is 9.45. The van der Waals surface area contributed by atoms with E-state index in [1.807, 2.05) is 32.0 Å². The van der Waals surface area contributed by atoms with Crippen molar-refractivity contribution >= 4 is 11.9 Å². The lowest BCUT2D eigenvalue weighted by atomic mass is 10.1. The zero-order valence-corrected chi connectivity index (χ0v) is 16.2. The average Bonchev–Trinajstić information content (AvgIpc) is 3.08. The molecule has 0 aliphatic carbocycles. The highest BCUT2D eigenvalue weighted by Gasteiger charge is 2.25. The lowest BCUT2D eigenvalue weighted by Gasteiger charge is -2.21. The fourth-order valence-electron chi connectivity index (χ4n) is 3.09. The van der Waals surface area contributed by atoms with Gasteiger partial charge in [-0.05, 0) is 25.8 Å². The molecule has 6 nitrogen and oxygen atoms in total. The Kier molecular flexibility index (Phi) is 8.41. The van der Waals surface area contributed by atoms with Gasteiger partial charge in [-0.3, -0.25) is 9.79 Å². The van der Waals surface area contributed by atoms with Crippen LogP contribution in [0, 0.1) is 5.92 Å². The molecule has 0 aromatic heterocycles. The van der Waals surface area contributed by atoms with Crippen LogP contribution in [0.4, 0.5) is 0 Å². The second-order valence-corrected chi connectivity index (χ2v) is 7.05. The summed E-state index contributed by atoms with van der Waals surface area (Å²) in [7, 11) is 1.79. The summed E-state index contributed by atoms with van der Waals surface area (Å²) in [6.45, 7) is 7.86. The summed E-state index contributed by atoms with van der Waals surface area (Å²) in [4.78, 5) is 18.3. The Morgan fingerprint density at radius 3 is 2.81 bits per heavy atom. The molecule has 26 heavy (non-hydrogen) atoms. The van der Waals surface area contributed by atoms with E-state index in [9.17, 15) is 4.79 Å². The van der Waals surface area contributed by atoms with Crippen molar-refractivity contribution in [2.75, 3.05) is 33.3 Å². The predicted octanol–water partition coefficient (Wildman–Crippen LogP) is 2.02. The fraction of sp³-hybridized carbons (Fsp3) is 0.600. The van der Waals surface area contributed by atoms with Crippen LogP contribution < -0.4 is 10.6 Å². The van der Waals surface area contributed by atoms with Crippen LogP contribution in [0.2, 0.25) is 0 Å². The number of nitrogens with one attached hydrogen (secondary N) is 2. The summed E-state index contributed by atoms with van der Waals surface area (Å²) < 4.78 is 5.87. The Balaban J connectivity index is 1.66. The predicted molar refractivity (Wildman–Crippen MR) is 105 cm³/mol. The molecule has 0 saturated carbocycles. The highest BCUT2D eigenvalue weighted by Crippen LogP contribution is 2.17. The summed E-state index contributed by atoms with van der Waals surface area (Å²) in [5.41, 5.74) is 1.21. The lowest BCUT2D eigenvalue weighted by molar-refractivity contribution is -0.121. The molecule has 0 bridgehead atoms. The number of hydrogen-bond donors (Lipinski definition) is 2. The third-order valence-electron chi connectivity index (χ3n) is 4.35. The molecule has 6 heteroatoms. The second kappa shape index (κ2) is 10.8. The van der Waals surface area contributed by atoms with Gasteiger partial charge >= 0.3 is 0 Å². The number of ether oxygens (including phenoxy) is 1. The van der Waals surface area contributed by atoms with Gasteiger partial charge in [0, 0.05) is 45.1 Å². The van der Waals surface area contributed by atoms with Gasteiger partial charge in [-0.25, -0.2) is 0 Å². The van der Waals surface area contributed by atoms with Crippen molar-refractivity contribution in [2.45, 2.75) is 39.3 Å². The Morgan fingerprint density at radius 1 is 1.35 bits per heavy atom. The minimum Gasteiger partial charge on any atom is -0.376 e. The molecular weight excluding hydrogens is 328 g/mol. The molecule has 1 heterocycles. The van der Waals surface area contributed by atoms with Gasteiger partial charge in [-0.1, -0.05) is 30.3 Å². The number of amides is 1. The van der Waals surface area contributed by atoms with Crippen LogP contribution in [0.1, 0.15) is 32.3 Å². The van der Waals surface area contributed by atoms with E-state index < -0.39 is 0 Å². The van der Waals surface area contributed by atoms with Crippen molar-refractivity contribution in [3.63, 3.8) is 0 Å². The van der Waals surface area contributed by atoms with Crippen LogP contribution in [0.25, 0.3) is 0 Å². The number of aliphatic imine (C=N–C) groups is 1. The van der Waals surface area contributed by atoms with Crippen molar-refractivity contribution in [3.05, 3.63) is 35.9 Å². The van der Waals surface area contributed by atoms with Crippen LogP contribution in [-0.4, -0.2) is 56.1 Å². The standard InChI is InChI=1S/C20H32N4O2/c1-16(2)23-19(25)9-11-22-20(21-3)24-12-10-18(13-24)15-26-14-17-7-5-4-6-8-17/h4-8,16,18H,9-15H2,1-3H3,(H,21,22)(H,23,25). The van der Waals surface area contributed by atoms with Crippen molar-refractivity contribution in [2.24, 2.45) is 10.9 Å². The first kappa shape index (κ1) is 20.2. The maximum absolute atomic E-state index is 11.7. The van der Waals surface area contributed by atoms with Gasteiger partial charge in [-0.15, -0.1) is 0 Å². The third-order valence-corrected chi connectivity index (χ3v) is 4.35. The van der Waals surface area contributed by atoms with Crippen LogP contribution >= 0.6 is 0 Å². The minimum atomic E-state index is 0.0663. The molecule has 1 aromatic rings. The van der Waals surface area contributed by atoms with Gasteiger partial charge in [0.1, 0.15) is 0 Å². The Bertz CT molecular complexity index is 574. The average molecular weight is 361 g/mol. The number of carbonyl (C=O) groups is 1.